The highest BCUT2D eigenvalue weighted by molar-refractivity contribution is 5.28. The topological polar surface area (TPSA) is 0 Å². The lowest BCUT2D eigenvalue weighted by molar-refractivity contribution is 0.549. The molecule has 0 aliphatic rings. The molecule has 2 rings (SSSR count). The van der Waals surface area contributed by atoms with Crippen LogP contribution in [0.2, 0.25) is 0 Å². The SMILES string of the molecule is CCCc1cc(F)c(CCc2cc(F)cc(F)c2)c(F)c1. The van der Waals surface area contributed by atoms with Gasteiger partial charge in [-0.3, -0.25) is 0 Å². The molecule has 0 aliphatic heterocycles. The molecule has 0 fully saturated rings. The van der Waals surface area contributed by atoms with Gasteiger partial charge in [-0.05, 0) is 54.7 Å². The standard InChI is InChI=1S/C17H16F4/c1-2-3-11-8-16(20)15(17(21)9-11)5-4-12-6-13(18)10-14(19)7-12/h6-10H,2-5H2,1H3. The van der Waals surface area contributed by atoms with Crippen molar-refractivity contribution in [3.05, 3.63) is 70.3 Å². The summed E-state index contributed by atoms with van der Waals surface area (Å²) in [6.07, 6.45) is 1.66. The zero-order valence-corrected chi connectivity index (χ0v) is 11.7. The van der Waals surface area contributed by atoms with E-state index < -0.39 is 23.3 Å². The Morgan fingerprint density at radius 2 is 1.19 bits per heavy atom. The second-order valence-corrected chi connectivity index (χ2v) is 5.07. The molecular formula is C17H16F4. The lowest BCUT2D eigenvalue weighted by Crippen LogP contribution is -2.01. The molecule has 112 valence electrons. The molecule has 0 atom stereocenters. The van der Waals surface area contributed by atoms with E-state index in [4.69, 9.17) is 0 Å². The van der Waals surface area contributed by atoms with Gasteiger partial charge in [0.25, 0.3) is 0 Å². The summed E-state index contributed by atoms with van der Waals surface area (Å²) in [6.45, 7) is 1.93. The first-order valence-electron chi connectivity index (χ1n) is 6.91. The van der Waals surface area contributed by atoms with Gasteiger partial charge in [0.2, 0.25) is 0 Å². The van der Waals surface area contributed by atoms with Crippen molar-refractivity contribution in [2.75, 3.05) is 0 Å². The van der Waals surface area contributed by atoms with E-state index in [-0.39, 0.29) is 18.4 Å². The van der Waals surface area contributed by atoms with E-state index in [0.29, 0.717) is 17.5 Å². The van der Waals surface area contributed by atoms with Crippen LogP contribution < -0.4 is 0 Å². The van der Waals surface area contributed by atoms with Gasteiger partial charge in [0.05, 0.1) is 0 Å². The Balaban J connectivity index is 2.16. The Labute approximate surface area is 121 Å². The fourth-order valence-electron chi connectivity index (χ4n) is 2.35. The third-order valence-electron chi connectivity index (χ3n) is 3.33. The molecule has 0 amide bonds. The molecule has 0 nitrogen and oxygen atoms in total. The van der Waals surface area contributed by atoms with Crippen LogP contribution in [0.3, 0.4) is 0 Å². The molecule has 0 radical (unpaired) electrons. The van der Waals surface area contributed by atoms with Crippen molar-refractivity contribution in [1.29, 1.82) is 0 Å². The van der Waals surface area contributed by atoms with Gasteiger partial charge in [0.1, 0.15) is 23.3 Å². The summed E-state index contributed by atoms with van der Waals surface area (Å²) >= 11 is 0. The highest BCUT2D eigenvalue weighted by Gasteiger charge is 2.12. The lowest BCUT2D eigenvalue weighted by Gasteiger charge is -2.08. The van der Waals surface area contributed by atoms with Gasteiger partial charge in [0, 0.05) is 11.6 Å². The molecular weight excluding hydrogens is 280 g/mol. The first-order valence-corrected chi connectivity index (χ1v) is 6.91. The molecule has 0 aliphatic carbocycles. The molecule has 0 saturated heterocycles. The molecule has 2 aromatic rings. The second kappa shape index (κ2) is 6.74. The molecule has 0 aromatic heterocycles. The van der Waals surface area contributed by atoms with Crippen LogP contribution in [0.1, 0.15) is 30.0 Å². The van der Waals surface area contributed by atoms with Gasteiger partial charge >= 0.3 is 0 Å². The van der Waals surface area contributed by atoms with E-state index in [0.717, 1.165) is 12.5 Å². The Morgan fingerprint density at radius 3 is 1.71 bits per heavy atom. The molecule has 0 unspecified atom stereocenters. The maximum absolute atomic E-state index is 13.9. The van der Waals surface area contributed by atoms with Gasteiger partial charge in [0.15, 0.2) is 0 Å². The molecule has 0 N–H and O–H groups in total. The maximum Gasteiger partial charge on any atom is 0.129 e. The highest BCUT2D eigenvalue weighted by atomic mass is 19.1. The third kappa shape index (κ3) is 4.06. The Kier molecular flexibility index (Phi) is 4.99. The van der Waals surface area contributed by atoms with Crippen LogP contribution >= 0.6 is 0 Å². The fraction of sp³-hybridized carbons (Fsp3) is 0.294. The van der Waals surface area contributed by atoms with E-state index >= 15 is 0 Å². The molecule has 0 bridgehead atoms. The first-order chi connectivity index (χ1) is 9.99. The van der Waals surface area contributed by atoms with E-state index in [1.54, 1.807) is 0 Å². The van der Waals surface area contributed by atoms with Crippen molar-refractivity contribution in [2.24, 2.45) is 0 Å². The van der Waals surface area contributed by atoms with Crippen molar-refractivity contribution in [3.8, 4) is 0 Å². The minimum Gasteiger partial charge on any atom is -0.207 e. The van der Waals surface area contributed by atoms with Crippen molar-refractivity contribution >= 4 is 0 Å². The van der Waals surface area contributed by atoms with Crippen LogP contribution in [0, 0.1) is 23.3 Å². The van der Waals surface area contributed by atoms with E-state index in [2.05, 4.69) is 0 Å². The van der Waals surface area contributed by atoms with Crippen molar-refractivity contribution < 1.29 is 17.6 Å². The first kappa shape index (κ1) is 15.5. The van der Waals surface area contributed by atoms with Crippen LogP contribution in [0.15, 0.2) is 30.3 Å². The number of benzene rings is 2. The number of rotatable bonds is 5. The van der Waals surface area contributed by atoms with Gasteiger partial charge in [-0.25, -0.2) is 17.6 Å². The molecule has 4 heteroatoms. The average Bonchev–Trinajstić information content (AvgIpc) is 2.36. The van der Waals surface area contributed by atoms with Crippen LogP contribution in [0.5, 0.6) is 0 Å². The zero-order chi connectivity index (χ0) is 15.4. The molecule has 21 heavy (non-hydrogen) atoms. The van der Waals surface area contributed by atoms with Crippen LogP contribution in [0.4, 0.5) is 17.6 Å². The summed E-state index contributed by atoms with van der Waals surface area (Å²) in [5, 5.41) is 0. The van der Waals surface area contributed by atoms with E-state index in [1.165, 1.54) is 24.3 Å². The zero-order valence-electron chi connectivity index (χ0n) is 11.7. The molecule has 0 heterocycles. The predicted molar refractivity (Wildman–Crippen MR) is 74.1 cm³/mol. The maximum atomic E-state index is 13.9. The van der Waals surface area contributed by atoms with Crippen LogP contribution in [-0.2, 0) is 19.3 Å². The van der Waals surface area contributed by atoms with Crippen molar-refractivity contribution in [3.63, 3.8) is 0 Å². The number of aryl methyl sites for hydroxylation is 2. The smallest absolute Gasteiger partial charge is 0.129 e. The Morgan fingerprint density at radius 1 is 0.667 bits per heavy atom. The van der Waals surface area contributed by atoms with Crippen molar-refractivity contribution in [1.82, 2.24) is 0 Å². The Bertz CT molecular complexity index is 591. The normalized spacial score (nSPS) is 10.9. The minimum absolute atomic E-state index is 0.0421. The summed E-state index contributed by atoms with van der Waals surface area (Å²) in [6, 6.07) is 5.76. The van der Waals surface area contributed by atoms with Crippen molar-refractivity contribution in [2.45, 2.75) is 32.6 Å². The summed E-state index contributed by atoms with van der Waals surface area (Å²) in [5.41, 5.74) is 0.955. The monoisotopic (exact) mass is 296 g/mol. The summed E-state index contributed by atoms with van der Waals surface area (Å²) in [4.78, 5) is 0. The van der Waals surface area contributed by atoms with E-state index in [1.807, 2.05) is 6.92 Å². The van der Waals surface area contributed by atoms with Crippen LogP contribution in [0.25, 0.3) is 0 Å². The number of halogens is 4. The molecule has 0 spiro atoms. The van der Waals surface area contributed by atoms with Gasteiger partial charge in [-0.2, -0.15) is 0 Å². The average molecular weight is 296 g/mol. The summed E-state index contributed by atoms with van der Waals surface area (Å²) < 4.78 is 53.9. The lowest BCUT2D eigenvalue weighted by atomic mass is 10.0. The number of hydrogen-bond acceptors (Lipinski definition) is 0. The highest BCUT2D eigenvalue weighted by Crippen LogP contribution is 2.19. The summed E-state index contributed by atoms with van der Waals surface area (Å²) in [7, 11) is 0. The van der Waals surface area contributed by atoms with Gasteiger partial charge in [-0.15, -0.1) is 0 Å². The minimum atomic E-state index is -0.691. The second-order valence-electron chi connectivity index (χ2n) is 5.07. The molecule has 2 aromatic carbocycles. The largest absolute Gasteiger partial charge is 0.207 e. The quantitative estimate of drug-likeness (QED) is 0.683. The van der Waals surface area contributed by atoms with Gasteiger partial charge in [-0.1, -0.05) is 13.3 Å². The predicted octanol–water partition coefficient (Wildman–Crippen LogP) is 4.98. The molecule has 0 saturated carbocycles. The number of hydrogen-bond donors (Lipinski definition) is 0. The summed E-state index contributed by atoms with van der Waals surface area (Å²) in [5.74, 6) is -2.58. The van der Waals surface area contributed by atoms with E-state index in [9.17, 15) is 17.6 Å². The Hall–Kier alpha value is -1.84. The van der Waals surface area contributed by atoms with Gasteiger partial charge < -0.3 is 0 Å². The fourth-order valence-corrected chi connectivity index (χ4v) is 2.35. The third-order valence-corrected chi connectivity index (χ3v) is 3.33. The van der Waals surface area contributed by atoms with Crippen LogP contribution in [-0.4, -0.2) is 0 Å².